The van der Waals surface area contributed by atoms with Crippen molar-refractivity contribution in [3.05, 3.63) is 77.6 Å². The second-order valence-corrected chi connectivity index (χ2v) is 7.65. The Balaban J connectivity index is 1.81. The van der Waals surface area contributed by atoms with Crippen LogP contribution in [0.5, 0.6) is 11.5 Å². The number of hydrogen-bond acceptors (Lipinski definition) is 4. The maximum atomic E-state index is 13.9. The van der Waals surface area contributed by atoms with E-state index in [1.54, 1.807) is 44.1 Å². The highest BCUT2D eigenvalue weighted by Crippen LogP contribution is 2.29. The highest BCUT2D eigenvalue weighted by molar-refractivity contribution is 7.98. The number of nitrogens with zero attached hydrogens (tertiary/aromatic N) is 1. The smallest absolute Gasteiger partial charge is 0.257 e. The van der Waals surface area contributed by atoms with Crippen LogP contribution in [0.1, 0.15) is 15.9 Å². The number of thioether (sulfide) groups is 1. The number of amides is 1. The maximum Gasteiger partial charge on any atom is 0.257 e. The standard InChI is InChI=1S/C24H24FNO3S/c1-26(15-16-5-12-22(28-2)21(25)13-16)24(27)20-11-8-18(14-23(20)29-3)17-6-9-19(30-4)10-7-17/h5-14H,15H2,1-4H3. The first-order chi connectivity index (χ1) is 14.5. The van der Waals surface area contributed by atoms with Gasteiger partial charge in [-0.3, -0.25) is 4.79 Å². The number of hydrogen-bond donors (Lipinski definition) is 0. The number of methoxy groups -OCH3 is 2. The van der Waals surface area contributed by atoms with Crippen LogP contribution in [0.2, 0.25) is 0 Å². The largest absolute Gasteiger partial charge is 0.496 e. The first kappa shape index (κ1) is 21.7. The van der Waals surface area contributed by atoms with E-state index in [9.17, 15) is 9.18 Å². The van der Waals surface area contributed by atoms with Crippen LogP contribution in [-0.2, 0) is 6.54 Å². The summed E-state index contributed by atoms with van der Waals surface area (Å²) in [6.07, 6.45) is 2.04. The molecule has 0 heterocycles. The topological polar surface area (TPSA) is 38.8 Å². The number of benzene rings is 3. The molecule has 0 aromatic heterocycles. The van der Waals surface area contributed by atoms with Crippen molar-refractivity contribution in [1.82, 2.24) is 4.90 Å². The van der Waals surface area contributed by atoms with Crippen molar-refractivity contribution in [2.24, 2.45) is 0 Å². The van der Waals surface area contributed by atoms with Gasteiger partial charge in [-0.1, -0.05) is 24.3 Å². The molecular formula is C24H24FNO3S. The summed E-state index contributed by atoms with van der Waals surface area (Å²) in [6, 6.07) is 18.4. The van der Waals surface area contributed by atoms with Gasteiger partial charge >= 0.3 is 0 Å². The van der Waals surface area contributed by atoms with E-state index in [-0.39, 0.29) is 18.2 Å². The van der Waals surface area contributed by atoms with Crippen molar-refractivity contribution in [1.29, 1.82) is 0 Å². The van der Waals surface area contributed by atoms with Gasteiger partial charge in [0.2, 0.25) is 0 Å². The summed E-state index contributed by atoms with van der Waals surface area (Å²) in [5.41, 5.74) is 3.15. The fourth-order valence-electron chi connectivity index (χ4n) is 3.19. The molecule has 0 N–H and O–H groups in total. The Bertz CT molecular complexity index is 1040. The molecule has 156 valence electrons. The number of ether oxygens (including phenoxy) is 2. The molecule has 4 nitrogen and oxygen atoms in total. The van der Waals surface area contributed by atoms with Crippen molar-refractivity contribution in [2.45, 2.75) is 11.4 Å². The molecule has 6 heteroatoms. The third-order valence-electron chi connectivity index (χ3n) is 4.84. The molecular weight excluding hydrogens is 401 g/mol. The quantitative estimate of drug-likeness (QED) is 0.468. The number of carbonyl (C=O) groups excluding carboxylic acids is 1. The molecule has 0 spiro atoms. The Morgan fingerprint density at radius 1 is 0.933 bits per heavy atom. The third kappa shape index (κ3) is 4.76. The normalized spacial score (nSPS) is 10.6. The lowest BCUT2D eigenvalue weighted by Crippen LogP contribution is -2.26. The van der Waals surface area contributed by atoms with E-state index in [1.165, 1.54) is 23.0 Å². The molecule has 3 aromatic rings. The van der Waals surface area contributed by atoms with E-state index in [1.807, 2.05) is 30.5 Å². The molecule has 0 atom stereocenters. The SMILES string of the molecule is COc1ccc(CN(C)C(=O)c2ccc(-c3ccc(SC)cc3)cc2OC)cc1F. The summed E-state index contributed by atoms with van der Waals surface area (Å²) >= 11 is 1.69. The van der Waals surface area contributed by atoms with Crippen molar-refractivity contribution >= 4 is 17.7 Å². The van der Waals surface area contributed by atoms with Crippen molar-refractivity contribution in [3.8, 4) is 22.6 Å². The van der Waals surface area contributed by atoms with Gasteiger partial charge in [-0.2, -0.15) is 0 Å². The summed E-state index contributed by atoms with van der Waals surface area (Å²) in [6.45, 7) is 0.265. The van der Waals surface area contributed by atoms with Gasteiger partial charge < -0.3 is 14.4 Å². The predicted molar refractivity (Wildman–Crippen MR) is 119 cm³/mol. The molecule has 0 aliphatic rings. The molecule has 0 saturated carbocycles. The fraction of sp³-hybridized carbons (Fsp3) is 0.208. The van der Waals surface area contributed by atoms with Gasteiger partial charge in [0.25, 0.3) is 5.91 Å². The highest BCUT2D eigenvalue weighted by Gasteiger charge is 2.18. The average Bonchev–Trinajstić information content (AvgIpc) is 2.78. The minimum atomic E-state index is -0.453. The van der Waals surface area contributed by atoms with Gasteiger partial charge in [0.05, 0.1) is 19.8 Å². The van der Waals surface area contributed by atoms with Crippen molar-refractivity contribution in [3.63, 3.8) is 0 Å². The second kappa shape index (κ2) is 9.67. The first-order valence-electron chi connectivity index (χ1n) is 9.37. The lowest BCUT2D eigenvalue weighted by atomic mass is 10.0. The molecule has 0 saturated heterocycles. The molecule has 0 aliphatic carbocycles. The highest BCUT2D eigenvalue weighted by atomic mass is 32.2. The summed E-state index contributed by atoms with van der Waals surface area (Å²) in [4.78, 5) is 15.7. The Labute approximate surface area is 180 Å². The van der Waals surface area contributed by atoms with E-state index in [0.717, 1.165) is 11.1 Å². The zero-order valence-corrected chi connectivity index (χ0v) is 18.3. The molecule has 0 fully saturated rings. The lowest BCUT2D eigenvalue weighted by Gasteiger charge is -2.19. The van der Waals surface area contributed by atoms with Gasteiger partial charge in [0.15, 0.2) is 11.6 Å². The molecule has 0 unspecified atom stereocenters. The lowest BCUT2D eigenvalue weighted by molar-refractivity contribution is 0.0781. The van der Waals surface area contributed by atoms with Crippen LogP contribution in [0.3, 0.4) is 0 Å². The molecule has 30 heavy (non-hydrogen) atoms. The van der Waals surface area contributed by atoms with Gasteiger partial charge in [-0.05, 0) is 59.3 Å². The van der Waals surface area contributed by atoms with E-state index in [4.69, 9.17) is 9.47 Å². The summed E-state index contributed by atoms with van der Waals surface area (Å²) < 4.78 is 24.4. The van der Waals surface area contributed by atoms with E-state index >= 15 is 0 Å². The summed E-state index contributed by atoms with van der Waals surface area (Å²) in [5, 5.41) is 0. The number of carbonyl (C=O) groups is 1. The summed E-state index contributed by atoms with van der Waals surface area (Å²) in [5.74, 6) is 0.0207. The van der Waals surface area contributed by atoms with Gasteiger partial charge in [-0.15, -0.1) is 11.8 Å². The Morgan fingerprint density at radius 3 is 2.20 bits per heavy atom. The Kier molecular flexibility index (Phi) is 7.00. The van der Waals surface area contributed by atoms with Crippen LogP contribution >= 0.6 is 11.8 Å². The van der Waals surface area contributed by atoms with Crippen molar-refractivity contribution in [2.75, 3.05) is 27.5 Å². The van der Waals surface area contributed by atoms with E-state index < -0.39 is 5.82 Å². The molecule has 3 rings (SSSR count). The molecule has 0 radical (unpaired) electrons. The minimum Gasteiger partial charge on any atom is -0.496 e. The Morgan fingerprint density at radius 2 is 1.60 bits per heavy atom. The average molecular weight is 426 g/mol. The third-order valence-corrected chi connectivity index (χ3v) is 5.58. The van der Waals surface area contributed by atoms with Crippen molar-refractivity contribution < 1.29 is 18.7 Å². The fourth-order valence-corrected chi connectivity index (χ4v) is 3.60. The van der Waals surface area contributed by atoms with E-state index in [0.29, 0.717) is 16.9 Å². The zero-order valence-electron chi connectivity index (χ0n) is 17.4. The predicted octanol–water partition coefficient (Wildman–Crippen LogP) is 5.50. The Hall–Kier alpha value is -2.99. The first-order valence-corrected chi connectivity index (χ1v) is 10.6. The van der Waals surface area contributed by atoms with Gasteiger partial charge in [0, 0.05) is 18.5 Å². The maximum absolute atomic E-state index is 13.9. The monoisotopic (exact) mass is 425 g/mol. The van der Waals surface area contributed by atoms with Crippen LogP contribution < -0.4 is 9.47 Å². The number of halogens is 1. The zero-order chi connectivity index (χ0) is 21.7. The van der Waals surface area contributed by atoms with Crippen LogP contribution in [0, 0.1) is 5.82 Å². The molecule has 0 bridgehead atoms. The number of rotatable bonds is 7. The van der Waals surface area contributed by atoms with Gasteiger partial charge in [0.1, 0.15) is 5.75 Å². The molecule has 1 amide bonds. The van der Waals surface area contributed by atoms with E-state index in [2.05, 4.69) is 12.1 Å². The van der Waals surface area contributed by atoms with Gasteiger partial charge in [-0.25, -0.2) is 4.39 Å². The molecule has 0 aliphatic heterocycles. The second-order valence-electron chi connectivity index (χ2n) is 6.77. The minimum absolute atomic E-state index is 0.176. The van der Waals surface area contributed by atoms with Crippen LogP contribution in [0.15, 0.2) is 65.6 Å². The molecule has 3 aromatic carbocycles. The van der Waals surface area contributed by atoms with Crippen LogP contribution in [0.4, 0.5) is 4.39 Å². The summed E-state index contributed by atoms with van der Waals surface area (Å²) in [7, 11) is 4.64. The van der Waals surface area contributed by atoms with Crippen LogP contribution in [-0.4, -0.2) is 38.3 Å². The van der Waals surface area contributed by atoms with Crippen LogP contribution in [0.25, 0.3) is 11.1 Å².